The van der Waals surface area contributed by atoms with Crippen molar-refractivity contribution >= 4 is 8.88 Å². The van der Waals surface area contributed by atoms with E-state index in [9.17, 15) is 0 Å². The largest absolute Gasteiger partial charge is 0.522 e. The summed E-state index contributed by atoms with van der Waals surface area (Å²) in [4.78, 5) is 0. The summed E-state index contributed by atoms with van der Waals surface area (Å²) in [6, 6.07) is 0. The quantitative estimate of drug-likeness (QED) is 0.666. The lowest BCUT2D eigenvalue weighted by molar-refractivity contribution is -0.00930. The van der Waals surface area contributed by atoms with Crippen LogP contribution in [0.2, 0.25) is 0 Å². The van der Waals surface area contributed by atoms with Crippen LogP contribution in [0, 0.1) is 35.5 Å². The molecule has 4 aliphatic rings. The van der Waals surface area contributed by atoms with E-state index in [4.69, 9.17) is 8.85 Å². The fourth-order valence-electron chi connectivity index (χ4n) is 7.37. The maximum absolute atomic E-state index is 6.39. The number of fused-ring (bicyclic) bond motifs is 2. The fourth-order valence-corrected chi connectivity index (χ4v) is 10.9. The van der Waals surface area contributed by atoms with Crippen molar-refractivity contribution in [3.05, 3.63) is 0 Å². The third-order valence-corrected chi connectivity index (χ3v) is 12.0. The molecule has 2 heterocycles. The molecule has 0 spiro atoms. The predicted molar refractivity (Wildman–Crippen MR) is 112 cm³/mol. The van der Waals surface area contributed by atoms with Gasteiger partial charge >= 0.3 is 8.88 Å². The van der Waals surface area contributed by atoms with Gasteiger partial charge in [0.2, 0.25) is 0 Å². The highest BCUT2D eigenvalue weighted by molar-refractivity contribution is 6.61. The van der Waals surface area contributed by atoms with Gasteiger partial charge in [0, 0.05) is 27.3 Å². The average Bonchev–Trinajstić information content (AvgIpc) is 2.70. The molecule has 2 aliphatic carbocycles. The zero-order valence-corrected chi connectivity index (χ0v) is 19.2. The van der Waals surface area contributed by atoms with Gasteiger partial charge in [-0.25, -0.2) is 0 Å². The highest BCUT2D eigenvalue weighted by atomic mass is 28.4. The van der Waals surface area contributed by atoms with Gasteiger partial charge in [-0.05, 0) is 74.3 Å². The molecule has 6 atom stereocenters. The summed E-state index contributed by atoms with van der Waals surface area (Å²) in [6.45, 7) is 9.68. The number of hydrogen-bond donors (Lipinski definition) is 0. The van der Waals surface area contributed by atoms with Gasteiger partial charge in [-0.1, -0.05) is 39.5 Å². The minimum Gasteiger partial charge on any atom is -0.374 e. The third kappa shape index (κ3) is 3.68. The SMILES string of the molecule is CO[Si](OC)(N1CC(C)C2CCCCC2C1)N1CC(C)C2CCCCC2C1. The maximum atomic E-state index is 6.39. The van der Waals surface area contributed by atoms with Crippen LogP contribution in [0.5, 0.6) is 0 Å². The van der Waals surface area contributed by atoms with Crippen LogP contribution in [0.15, 0.2) is 0 Å². The molecule has 0 N–H and O–H groups in total. The Morgan fingerprint density at radius 2 is 1.04 bits per heavy atom. The molecule has 0 aromatic carbocycles. The lowest BCUT2D eigenvalue weighted by atomic mass is 9.71. The fraction of sp³-hybridized carbons (Fsp3) is 1.00. The molecule has 0 bridgehead atoms. The summed E-state index contributed by atoms with van der Waals surface area (Å²) >= 11 is 0. The molecule has 0 aromatic heterocycles. The molecular formula is C22H42N2O2Si. The summed E-state index contributed by atoms with van der Waals surface area (Å²) in [6.07, 6.45) is 11.4. The van der Waals surface area contributed by atoms with E-state index in [1.54, 1.807) is 0 Å². The van der Waals surface area contributed by atoms with Crippen LogP contribution in [0.3, 0.4) is 0 Å². The summed E-state index contributed by atoms with van der Waals surface area (Å²) in [5.74, 6) is 5.10. The maximum Gasteiger partial charge on any atom is 0.522 e. The first-order valence-electron chi connectivity index (χ1n) is 11.7. The number of hydrogen-bond acceptors (Lipinski definition) is 4. The summed E-state index contributed by atoms with van der Waals surface area (Å²) in [5.41, 5.74) is 0. The van der Waals surface area contributed by atoms with E-state index in [1.165, 1.54) is 64.5 Å². The number of nitrogens with zero attached hydrogens (tertiary/aromatic N) is 2. The van der Waals surface area contributed by atoms with E-state index < -0.39 is 8.88 Å². The van der Waals surface area contributed by atoms with E-state index in [-0.39, 0.29) is 0 Å². The van der Waals surface area contributed by atoms with E-state index in [1.807, 2.05) is 14.2 Å². The van der Waals surface area contributed by atoms with Crippen molar-refractivity contribution < 1.29 is 8.85 Å². The Hall–Kier alpha value is 0.0569. The lowest BCUT2D eigenvalue weighted by Gasteiger charge is -2.55. The van der Waals surface area contributed by atoms with E-state index in [0.29, 0.717) is 0 Å². The van der Waals surface area contributed by atoms with E-state index in [2.05, 4.69) is 23.0 Å². The van der Waals surface area contributed by atoms with Crippen LogP contribution < -0.4 is 0 Å². The van der Waals surface area contributed by atoms with Crippen LogP contribution >= 0.6 is 0 Å². The Morgan fingerprint density at radius 1 is 0.630 bits per heavy atom. The Labute approximate surface area is 168 Å². The molecule has 4 rings (SSSR count). The standard InChI is InChI=1S/C22H42N2O2Si/c1-17-13-23(15-19-9-5-7-11-21(17)19)27(25-3,26-4)24-14-18(2)22-12-8-6-10-20(22)16-24/h17-22H,5-16H2,1-4H3. The van der Waals surface area contributed by atoms with Crippen molar-refractivity contribution in [1.82, 2.24) is 9.13 Å². The molecule has 2 saturated heterocycles. The van der Waals surface area contributed by atoms with Gasteiger partial charge in [-0.2, -0.15) is 0 Å². The molecule has 0 amide bonds. The van der Waals surface area contributed by atoms with Crippen molar-refractivity contribution in [2.24, 2.45) is 35.5 Å². The smallest absolute Gasteiger partial charge is 0.374 e. The first kappa shape index (κ1) is 20.3. The van der Waals surface area contributed by atoms with Crippen LogP contribution in [0.4, 0.5) is 0 Å². The third-order valence-electron chi connectivity index (χ3n) is 8.66. The normalized spacial score (nSPS) is 41.8. The molecule has 27 heavy (non-hydrogen) atoms. The van der Waals surface area contributed by atoms with Gasteiger partial charge in [0.05, 0.1) is 0 Å². The van der Waals surface area contributed by atoms with Crippen molar-refractivity contribution in [3.8, 4) is 0 Å². The Balaban J connectivity index is 1.55. The minimum atomic E-state index is -2.51. The first-order valence-corrected chi connectivity index (χ1v) is 13.4. The van der Waals surface area contributed by atoms with Crippen LogP contribution in [-0.4, -0.2) is 58.4 Å². The van der Waals surface area contributed by atoms with Crippen molar-refractivity contribution in [1.29, 1.82) is 0 Å². The van der Waals surface area contributed by atoms with Gasteiger partial charge in [-0.15, -0.1) is 0 Å². The zero-order valence-electron chi connectivity index (χ0n) is 18.2. The molecule has 4 nitrogen and oxygen atoms in total. The van der Waals surface area contributed by atoms with E-state index in [0.717, 1.165) is 48.6 Å². The van der Waals surface area contributed by atoms with E-state index >= 15 is 0 Å². The summed E-state index contributed by atoms with van der Waals surface area (Å²) in [7, 11) is 1.33. The highest BCUT2D eigenvalue weighted by Gasteiger charge is 2.56. The number of rotatable bonds is 4. The monoisotopic (exact) mass is 394 g/mol. The highest BCUT2D eigenvalue weighted by Crippen LogP contribution is 2.44. The number of piperidine rings is 2. The molecule has 0 aromatic rings. The molecule has 4 fully saturated rings. The van der Waals surface area contributed by atoms with Crippen molar-refractivity contribution in [2.75, 3.05) is 40.4 Å². The van der Waals surface area contributed by atoms with Gasteiger partial charge in [0.15, 0.2) is 0 Å². The van der Waals surface area contributed by atoms with Gasteiger partial charge in [0.1, 0.15) is 0 Å². The molecule has 5 heteroatoms. The van der Waals surface area contributed by atoms with Crippen LogP contribution in [0.25, 0.3) is 0 Å². The van der Waals surface area contributed by atoms with Crippen molar-refractivity contribution in [3.63, 3.8) is 0 Å². The molecule has 0 radical (unpaired) electrons. The second kappa shape index (κ2) is 8.43. The summed E-state index contributed by atoms with van der Waals surface area (Å²) in [5, 5.41) is 0. The van der Waals surface area contributed by atoms with Crippen LogP contribution in [-0.2, 0) is 8.85 Å². The van der Waals surface area contributed by atoms with Gasteiger partial charge in [0.25, 0.3) is 0 Å². The Bertz CT molecular complexity index is 461. The van der Waals surface area contributed by atoms with Crippen molar-refractivity contribution in [2.45, 2.75) is 65.2 Å². The molecular weight excluding hydrogens is 352 g/mol. The molecule has 6 unspecified atom stereocenters. The topological polar surface area (TPSA) is 24.9 Å². The molecule has 2 aliphatic heterocycles. The van der Waals surface area contributed by atoms with Gasteiger partial charge in [-0.3, -0.25) is 9.13 Å². The Morgan fingerprint density at radius 3 is 1.44 bits per heavy atom. The summed E-state index contributed by atoms with van der Waals surface area (Å²) < 4.78 is 18.2. The average molecular weight is 395 g/mol. The van der Waals surface area contributed by atoms with Gasteiger partial charge < -0.3 is 8.85 Å². The zero-order chi connectivity index (χ0) is 19.0. The van der Waals surface area contributed by atoms with Crippen LogP contribution in [0.1, 0.15) is 65.2 Å². The first-order chi connectivity index (χ1) is 13.1. The second-order valence-electron chi connectivity index (χ2n) is 10.1. The Kier molecular flexibility index (Phi) is 6.35. The second-order valence-corrected chi connectivity index (χ2v) is 13.3. The predicted octanol–water partition coefficient (Wildman–Crippen LogP) is 4.23. The molecule has 156 valence electrons. The minimum absolute atomic E-state index is 0.769. The molecule has 2 saturated carbocycles. The lowest BCUT2D eigenvalue weighted by Crippen LogP contribution is -2.74.